The van der Waals surface area contributed by atoms with Gasteiger partial charge in [0.25, 0.3) is 0 Å². The number of hydrogen-bond acceptors (Lipinski definition) is 3. The van der Waals surface area contributed by atoms with Gasteiger partial charge in [-0.1, -0.05) is 12.1 Å². The van der Waals surface area contributed by atoms with Crippen LogP contribution in [0.5, 0.6) is 0 Å². The lowest BCUT2D eigenvalue weighted by Gasteiger charge is -2.30. The number of amides is 1. The van der Waals surface area contributed by atoms with Crippen LogP contribution in [0.1, 0.15) is 24.0 Å². The SMILES string of the molecule is O=C(NCc1cccc(C(F)(F)F)c1)C1CCN(S(=O)(=O)c2cc(F)ccc2F)CC1. The molecule has 31 heavy (non-hydrogen) atoms. The molecule has 168 valence electrons. The smallest absolute Gasteiger partial charge is 0.352 e. The van der Waals surface area contributed by atoms with Crippen LogP contribution < -0.4 is 5.32 Å². The van der Waals surface area contributed by atoms with E-state index >= 15 is 0 Å². The number of hydrogen-bond donors (Lipinski definition) is 1. The van der Waals surface area contributed by atoms with Crippen LogP contribution in [0.4, 0.5) is 22.0 Å². The van der Waals surface area contributed by atoms with Crippen molar-refractivity contribution in [2.24, 2.45) is 5.92 Å². The molecule has 0 radical (unpaired) electrons. The summed E-state index contributed by atoms with van der Waals surface area (Å²) >= 11 is 0. The lowest BCUT2D eigenvalue weighted by molar-refractivity contribution is -0.137. The molecule has 1 heterocycles. The molecular formula is C20H19F5N2O3S. The predicted molar refractivity (Wildman–Crippen MR) is 101 cm³/mol. The van der Waals surface area contributed by atoms with Crippen LogP contribution in [0.3, 0.4) is 0 Å². The Morgan fingerprint density at radius 2 is 1.74 bits per heavy atom. The molecule has 0 aliphatic carbocycles. The number of alkyl halides is 3. The quantitative estimate of drug-likeness (QED) is 0.690. The number of halogens is 5. The van der Waals surface area contributed by atoms with Gasteiger partial charge < -0.3 is 5.32 Å². The van der Waals surface area contributed by atoms with Crippen LogP contribution in [-0.4, -0.2) is 31.7 Å². The van der Waals surface area contributed by atoms with E-state index in [1.54, 1.807) is 0 Å². The standard InChI is InChI=1S/C20H19F5N2O3S/c21-16-4-5-17(22)18(11-16)31(29,30)27-8-6-14(7-9-27)19(28)26-12-13-2-1-3-15(10-13)20(23,24)25/h1-5,10-11,14H,6-9,12H2,(H,26,28). The van der Waals surface area contributed by atoms with E-state index in [0.717, 1.165) is 28.6 Å². The zero-order valence-corrected chi connectivity index (χ0v) is 16.9. The fourth-order valence-electron chi connectivity index (χ4n) is 3.36. The number of nitrogens with one attached hydrogen (secondary N) is 1. The van der Waals surface area contributed by atoms with E-state index in [4.69, 9.17) is 0 Å². The molecule has 0 bridgehead atoms. The van der Waals surface area contributed by atoms with E-state index in [9.17, 15) is 35.2 Å². The van der Waals surface area contributed by atoms with E-state index in [2.05, 4.69) is 5.32 Å². The summed E-state index contributed by atoms with van der Waals surface area (Å²) in [5.41, 5.74) is -0.535. The summed E-state index contributed by atoms with van der Waals surface area (Å²) in [5.74, 6) is -2.91. The summed E-state index contributed by atoms with van der Waals surface area (Å²) in [5, 5.41) is 2.57. The Morgan fingerprint density at radius 1 is 1.06 bits per heavy atom. The third kappa shape index (κ3) is 5.40. The third-order valence-electron chi connectivity index (χ3n) is 5.06. The second-order valence-electron chi connectivity index (χ2n) is 7.17. The van der Waals surface area contributed by atoms with Crippen LogP contribution >= 0.6 is 0 Å². The number of rotatable bonds is 5. The molecule has 2 aromatic carbocycles. The maximum atomic E-state index is 13.9. The van der Waals surface area contributed by atoms with Gasteiger partial charge in [-0.15, -0.1) is 0 Å². The van der Waals surface area contributed by atoms with E-state index in [1.807, 2.05) is 0 Å². The van der Waals surface area contributed by atoms with Crippen LogP contribution in [0.25, 0.3) is 0 Å². The minimum Gasteiger partial charge on any atom is -0.352 e. The zero-order chi connectivity index (χ0) is 22.8. The number of sulfonamides is 1. The molecule has 5 nitrogen and oxygen atoms in total. The molecule has 0 saturated carbocycles. The molecule has 11 heteroatoms. The van der Waals surface area contributed by atoms with Gasteiger partial charge in [-0.3, -0.25) is 4.79 Å². The number of carbonyl (C=O) groups is 1. The predicted octanol–water partition coefficient (Wildman–Crippen LogP) is 3.70. The first-order valence-corrected chi connectivity index (χ1v) is 10.8. The zero-order valence-electron chi connectivity index (χ0n) is 16.1. The number of piperidine rings is 1. The van der Waals surface area contributed by atoms with Gasteiger partial charge in [0.2, 0.25) is 15.9 Å². The fourth-order valence-corrected chi connectivity index (χ4v) is 4.91. The summed E-state index contributed by atoms with van der Waals surface area (Å²) in [4.78, 5) is 11.6. The fraction of sp³-hybridized carbons (Fsp3) is 0.350. The first-order chi connectivity index (χ1) is 14.5. The molecule has 0 unspecified atom stereocenters. The van der Waals surface area contributed by atoms with Crippen molar-refractivity contribution in [1.29, 1.82) is 0 Å². The molecule has 1 saturated heterocycles. The largest absolute Gasteiger partial charge is 0.416 e. The second kappa shape index (κ2) is 8.91. The first-order valence-electron chi connectivity index (χ1n) is 9.37. The van der Waals surface area contributed by atoms with Gasteiger partial charge in [-0.25, -0.2) is 17.2 Å². The first kappa shape index (κ1) is 23.1. The maximum absolute atomic E-state index is 13.9. The van der Waals surface area contributed by atoms with Crippen molar-refractivity contribution < 1.29 is 35.2 Å². The van der Waals surface area contributed by atoms with E-state index in [1.165, 1.54) is 12.1 Å². The summed E-state index contributed by atoms with van der Waals surface area (Å²) in [6.07, 6.45) is -4.20. The van der Waals surface area contributed by atoms with Crippen molar-refractivity contribution in [2.45, 2.75) is 30.5 Å². The van der Waals surface area contributed by atoms with Gasteiger partial charge in [-0.05, 0) is 48.7 Å². The van der Waals surface area contributed by atoms with Gasteiger partial charge in [0.1, 0.15) is 16.5 Å². The Morgan fingerprint density at radius 3 is 2.39 bits per heavy atom. The Balaban J connectivity index is 1.58. The highest BCUT2D eigenvalue weighted by Gasteiger charge is 2.34. The minimum atomic E-state index is -4.49. The second-order valence-corrected chi connectivity index (χ2v) is 9.08. The molecule has 1 aliphatic heterocycles. The summed E-state index contributed by atoms with van der Waals surface area (Å²) in [6.45, 7) is -0.240. The highest BCUT2D eigenvalue weighted by molar-refractivity contribution is 7.89. The number of carbonyl (C=O) groups excluding carboxylic acids is 1. The molecule has 1 fully saturated rings. The third-order valence-corrected chi connectivity index (χ3v) is 6.97. The topological polar surface area (TPSA) is 66.5 Å². The van der Waals surface area contributed by atoms with Crippen LogP contribution in [-0.2, 0) is 27.5 Å². The Hall–Kier alpha value is -2.53. The van der Waals surface area contributed by atoms with Crippen molar-refractivity contribution >= 4 is 15.9 Å². The average Bonchev–Trinajstić information content (AvgIpc) is 2.73. The summed E-state index contributed by atoms with van der Waals surface area (Å²) in [7, 11) is -4.26. The lowest BCUT2D eigenvalue weighted by atomic mass is 9.97. The monoisotopic (exact) mass is 462 g/mol. The summed E-state index contributed by atoms with van der Waals surface area (Å²) in [6, 6.07) is 6.74. The Labute approximate surface area is 175 Å². The van der Waals surface area contributed by atoms with Gasteiger partial charge in [0, 0.05) is 25.6 Å². The molecule has 1 amide bonds. The molecular weight excluding hydrogens is 443 g/mol. The molecule has 0 atom stereocenters. The molecule has 0 spiro atoms. The minimum absolute atomic E-state index is 0.0695. The van der Waals surface area contributed by atoms with E-state index in [-0.39, 0.29) is 38.0 Å². The lowest BCUT2D eigenvalue weighted by Crippen LogP contribution is -2.43. The van der Waals surface area contributed by atoms with E-state index in [0.29, 0.717) is 6.07 Å². The van der Waals surface area contributed by atoms with E-state index < -0.39 is 50.1 Å². The van der Waals surface area contributed by atoms with Crippen LogP contribution in [0.2, 0.25) is 0 Å². The Bertz CT molecular complexity index is 1060. The molecule has 1 N–H and O–H groups in total. The van der Waals surface area contributed by atoms with Crippen LogP contribution in [0.15, 0.2) is 47.4 Å². The molecule has 2 aromatic rings. The Kier molecular flexibility index (Phi) is 6.65. The number of benzene rings is 2. The molecule has 0 aromatic heterocycles. The summed E-state index contributed by atoms with van der Waals surface area (Å²) < 4.78 is 91.7. The van der Waals surface area contributed by atoms with Crippen molar-refractivity contribution in [3.05, 3.63) is 65.2 Å². The highest BCUT2D eigenvalue weighted by Crippen LogP contribution is 2.30. The van der Waals surface area contributed by atoms with Gasteiger partial charge in [0.05, 0.1) is 5.56 Å². The maximum Gasteiger partial charge on any atom is 0.416 e. The number of nitrogens with zero attached hydrogens (tertiary/aromatic N) is 1. The van der Waals surface area contributed by atoms with Crippen molar-refractivity contribution in [1.82, 2.24) is 9.62 Å². The van der Waals surface area contributed by atoms with Crippen molar-refractivity contribution in [3.8, 4) is 0 Å². The molecule has 1 aliphatic rings. The van der Waals surface area contributed by atoms with Gasteiger partial charge in [-0.2, -0.15) is 17.5 Å². The van der Waals surface area contributed by atoms with Crippen molar-refractivity contribution in [3.63, 3.8) is 0 Å². The molecule has 3 rings (SSSR count). The van der Waals surface area contributed by atoms with Gasteiger partial charge in [0.15, 0.2) is 0 Å². The van der Waals surface area contributed by atoms with Crippen molar-refractivity contribution in [2.75, 3.05) is 13.1 Å². The van der Waals surface area contributed by atoms with Crippen LogP contribution in [0, 0.1) is 17.6 Å². The van der Waals surface area contributed by atoms with Gasteiger partial charge >= 0.3 is 6.18 Å². The highest BCUT2D eigenvalue weighted by atomic mass is 32.2. The normalized spacial score (nSPS) is 16.3. The average molecular weight is 462 g/mol.